The minimum Gasteiger partial charge on any atom is -0.379 e. The van der Waals surface area contributed by atoms with Crippen LogP contribution in [0.2, 0.25) is 0 Å². The molecular weight excluding hydrogens is 420 g/mol. The molecule has 0 unspecified atom stereocenters. The van der Waals surface area contributed by atoms with Crippen molar-refractivity contribution in [3.05, 3.63) is 27.8 Å². The Hall–Kier alpha value is -1.91. The van der Waals surface area contributed by atoms with E-state index in [1.165, 1.54) is 17.8 Å². The molecule has 0 bridgehead atoms. The van der Waals surface area contributed by atoms with E-state index in [9.17, 15) is 4.79 Å². The van der Waals surface area contributed by atoms with Gasteiger partial charge in [0.05, 0.1) is 18.4 Å². The second-order valence-electron chi connectivity index (χ2n) is 8.44. The van der Waals surface area contributed by atoms with Crippen LogP contribution in [0.3, 0.4) is 0 Å². The quantitative estimate of drug-likeness (QED) is 0.747. The minimum atomic E-state index is -0.556. The summed E-state index contributed by atoms with van der Waals surface area (Å²) in [5.41, 5.74) is 7.08. The Bertz CT molecular complexity index is 997. The maximum absolute atomic E-state index is 12.9. The van der Waals surface area contributed by atoms with Crippen molar-refractivity contribution in [1.29, 1.82) is 0 Å². The van der Waals surface area contributed by atoms with Crippen LogP contribution in [0.4, 0.5) is 5.82 Å². The van der Waals surface area contributed by atoms with Gasteiger partial charge in [0.2, 0.25) is 0 Å². The fraction of sp³-hybridized carbons (Fsp3) is 0.600. The van der Waals surface area contributed by atoms with E-state index in [-0.39, 0.29) is 12.0 Å². The smallest absolute Gasteiger partial charge is 0.275 e. The summed E-state index contributed by atoms with van der Waals surface area (Å²) in [5.74, 6) is 2.04. The number of nitrogens with one attached hydrogen (secondary N) is 1. The average Bonchev–Trinajstić information content (AvgIpc) is 3.28. The summed E-state index contributed by atoms with van der Waals surface area (Å²) in [5, 5.41) is 10.7. The zero-order chi connectivity index (χ0) is 20.9. The van der Waals surface area contributed by atoms with Crippen LogP contribution in [0.25, 0.3) is 0 Å². The summed E-state index contributed by atoms with van der Waals surface area (Å²) in [7, 11) is 1.81. The first-order valence-corrected chi connectivity index (χ1v) is 12.2. The summed E-state index contributed by atoms with van der Waals surface area (Å²) in [4.78, 5) is 22.4. The van der Waals surface area contributed by atoms with Gasteiger partial charge in [-0.15, -0.1) is 11.3 Å². The highest BCUT2D eigenvalue weighted by Crippen LogP contribution is 2.47. The predicted octanol–water partition coefficient (Wildman–Crippen LogP) is 3.08. The van der Waals surface area contributed by atoms with Gasteiger partial charge in [0.15, 0.2) is 5.17 Å². The highest BCUT2D eigenvalue weighted by Gasteiger charge is 2.49. The minimum absolute atomic E-state index is 0.197. The SMILES string of the molecule is C[C@H]1C[C@H]2CSC(N)=N[C@@]2(c2nc(NC(=O)c3cc(C4CCC4)nn3C)cs2)CO1. The van der Waals surface area contributed by atoms with Gasteiger partial charge in [0, 0.05) is 30.0 Å². The fourth-order valence-electron chi connectivity index (χ4n) is 4.40. The van der Waals surface area contributed by atoms with Gasteiger partial charge >= 0.3 is 0 Å². The van der Waals surface area contributed by atoms with E-state index < -0.39 is 5.54 Å². The van der Waals surface area contributed by atoms with E-state index in [1.54, 1.807) is 16.4 Å². The maximum Gasteiger partial charge on any atom is 0.275 e. The normalized spacial score (nSPS) is 29.1. The lowest BCUT2D eigenvalue weighted by Gasteiger charge is -2.44. The van der Waals surface area contributed by atoms with Crippen molar-refractivity contribution < 1.29 is 9.53 Å². The molecule has 0 aromatic carbocycles. The van der Waals surface area contributed by atoms with Gasteiger partial charge in [-0.2, -0.15) is 5.10 Å². The Kier molecular flexibility index (Phi) is 5.11. The zero-order valence-electron chi connectivity index (χ0n) is 17.1. The number of anilines is 1. The topological polar surface area (TPSA) is 107 Å². The number of fused-ring (bicyclic) bond motifs is 1. The van der Waals surface area contributed by atoms with Crippen LogP contribution < -0.4 is 11.1 Å². The van der Waals surface area contributed by atoms with Crippen molar-refractivity contribution in [3.8, 4) is 0 Å². The molecule has 1 saturated heterocycles. The van der Waals surface area contributed by atoms with Gasteiger partial charge in [-0.25, -0.2) is 9.98 Å². The monoisotopic (exact) mass is 446 g/mol. The van der Waals surface area contributed by atoms with E-state index in [4.69, 9.17) is 20.4 Å². The van der Waals surface area contributed by atoms with Gasteiger partial charge < -0.3 is 15.8 Å². The largest absolute Gasteiger partial charge is 0.379 e. The van der Waals surface area contributed by atoms with Gasteiger partial charge in [-0.05, 0) is 32.3 Å². The number of thiazole rings is 1. The number of amides is 1. The third kappa shape index (κ3) is 3.44. The number of aromatic nitrogens is 3. The molecule has 5 rings (SSSR count). The van der Waals surface area contributed by atoms with Gasteiger partial charge in [0.1, 0.15) is 22.1 Å². The van der Waals surface area contributed by atoms with Crippen molar-refractivity contribution in [3.63, 3.8) is 0 Å². The van der Waals surface area contributed by atoms with Crippen molar-refractivity contribution >= 4 is 40.0 Å². The average molecular weight is 447 g/mol. The summed E-state index contributed by atoms with van der Waals surface area (Å²) < 4.78 is 7.62. The number of ether oxygens (including phenoxy) is 1. The molecule has 3 aliphatic rings. The van der Waals surface area contributed by atoms with E-state index in [0.29, 0.717) is 35.1 Å². The molecule has 30 heavy (non-hydrogen) atoms. The zero-order valence-corrected chi connectivity index (χ0v) is 18.8. The first kappa shape index (κ1) is 20.0. The highest BCUT2D eigenvalue weighted by atomic mass is 32.2. The summed E-state index contributed by atoms with van der Waals surface area (Å²) in [6.07, 6.45) is 4.66. The Morgan fingerprint density at radius 1 is 1.43 bits per heavy atom. The third-order valence-corrected chi connectivity index (χ3v) is 8.36. The van der Waals surface area contributed by atoms with E-state index in [0.717, 1.165) is 35.7 Å². The number of carbonyl (C=O) groups excluding carboxylic acids is 1. The summed E-state index contributed by atoms with van der Waals surface area (Å²) in [6.45, 7) is 2.56. The number of aliphatic imine (C=N–C) groups is 1. The molecule has 0 radical (unpaired) electrons. The molecular formula is C20H26N6O2S2. The van der Waals surface area contributed by atoms with Crippen molar-refractivity contribution in [2.24, 2.45) is 23.7 Å². The fourth-order valence-corrected chi connectivity index (χ4v) is 6.37. The molecule has 1 saturated carbocycles. The predicted molar refractivity (Wildman–Crippen MR) is 119 cm³/mol. The second kappa shape index (κ2) is 7.65. The van der Waals surface area contributed by atoms with Gasteiger partial charge in [-0.3, -0.25) is 9.48 Å². The van der Waals surface area contributed by atoms with Crippen LogP contribution in [0.15, 0.2) is 16.4 Å². The number of nitrogens with two attached hydrogens (primary N) is 1. The molecule has 4 heterocycles. The maximum atomic E-state index is 12.9. The van der Waals surface area contributed by atoms with Crippen molar-refractivity contribution in [1.82, 2.24) is 14.8 Å². The second-order valence-corrected chi connectivity index (χ2v) is 10.3. The molecule has 2 aromatic rings. The van der Waals surface area contributed by atoms with Gasteiger partial charge in [0.25, 0.3) is 5.91 Å². The molecule has 2 aromatic heterocycles. The molecule has 8 nitrogen and oxygen atoms in total. The van der Waals surface area contributed by atoms with E-state index in [2.05, 4.69) is 17.3 Å². The Morgan fingerprint density at radius 3 is 3.03 bits per heavy atom. The molecule has 0 spiro atoms. The Labute approximate surface area is 183 Å². The lowest BCUT2D eigenvalue weighted by Crippen LogP contribution is -2.49. The molecule has 3 atom stereocenters. The Morgan fingerprint density at radius 2 is 2.27 bits per heavy atom. The molecule has 1 aliphatic carbocycles. The molecule has 2 aliphatic heterocycles. The molecule has 160 valence electrons. The molecule has 10 heteroatoms. The highest BCUT2D eigenvalue weighted by molar-refractivity contribution is 8.13. The molecule has 2 fully saturated rings. The number of aryl methyl sites for hydroxylation is 1. The van der Waals surface area contributed by atoms with Crippen LogP contribution in [0.5, 0.6) is 0 Å². The number of hydrogen-bond acceptors (Lipinski definition) is 8. The number of carbonyl (C=O) groups is 1. The number of rotatable bonds is 4. The summed E-state index contributed by atoms with van der Waals surface area (Å²) >= 11 is 3.10. The Balaban J connectivity index is 1.37. The third-order valence-electron chi connectivity index (χ3n) is 6.39. The van der Waals surface area contributed by atoms with Crippen molar-refractivity contribution in [2.75, 3.05) is 17.7 Å². The van der Waals surface area contributed by atoms with Crippen LogP contribution in [0.1, 0.15) is 59.7 Å². The van der Waals surface area contributed by atoms with Crippen LogP contribution >= 0.6 is 23.1 Å². The standard InChI is InChI=1S/C20H26N6O2S2/c1-11-6-13-8-30-19(21)24-20(13,10-28-11)18-23-16(9-29-18)22-17(27)15-7-14(25-26(15)2)12-4-3-5-12/h7,9,11-13H,3-6,8,10H2,1-2H3,(H2,21,24)(H,22,27)/t11-,13-,20-/m0/s1. The first-order valence-electron chi connectivity index (χ1n) is 10.4. The lowest BCUT2D eigenvalue weighted by atomic mass is 9.80. The molecule has 1 amide bonds. The number of amidine groups is 1. The molecule has 3 N–H and O–H groups in total. The van der Waals surface area contributed by atoms with Gasteiger partial charge in [-0.1, -0.05) is 18.2 Å². The summed E-state index contributed by atoms with van der Waals surface area (Å²) in [6, 6.07) is 1.90. The van der Waals surface area contributed by atoms with Crippen LogP contribution in [0, 0.1) is 5.92 Å². The van der Waals surface area contributed by atoms with E-state index in [1.807, 2.05) is 18.5 Å². The van der Waals surface area contributed by atoms with E-state index >= 15 is 0 Å². The number of hydrogen-bond donors (Lipinski definition) is 2. The van der Waals surface area contributed by atoms with Crippen LogP contribution in [-0.2, 0) is 17.3 Å². The lowest BCUT2D eigenvalue weighted by molar-refractivity contribution is -0.0466. The van der Waals surface area contributed by atoms with Crippen LogP contribution in [-0.4, -0.2) is 44.3 Å². The number of thioether (sulfide) groups is 1. The first-order chi connectivity index (χ1) is 14.4. The number of nitrogens with zero attached hydrogens (tertiary/aromatic N) is 4. The van der Waals surface area contributed by atoms with Crippen molar-refractivity contribution in [2.45, 2.75) is 50.2 Å².